The van der Waals surface area contributed by atoms with Crippen LogP contribution in [0.4, 0.5) is 11.5 Å². The number of hydrogen-bond donors (Lipinski definition) is 0. The molecule has 0 unspecified atom stereocenters. The molecule has 4 aromatic rings. The van der Waals surface area contributed by atoms with Crippen molar-refractivity contribution >= 4 is 61.0 Å². The molecule has 3 heterocycles. The fourth-order valence-corrected chi connectivity index (χ4v) is 4.52. The van der Waals surface area contributed by atoms with Crippen molar-refractivity contribution in [1.29, 1.82) is 0 Å². The van der Waals surface area contributed by atoms with Gasteiger partial charge in [-0.1, -0.05) is 38.8 Å². The average Bonchev–Trinajstić information content (AvgIpc) is 3.02. The van der Waals surface area contributed by atoms with Crippen molar-refractivity contribution in [3.8, 4) is 0 Å². The third kappa shape index (κ3) is 2.32. The maximum Gasteiger partial charge on any atom is 0.204 e. The lowest BCUT2D eigenvalue weighted by Gasteiger charge is -2.31. The lowest BCUT2D eigenvalue weighted by atomic mass is 10.0. The minimum atomic E-state index is 0.638. The smallest absolute Gasteiger partial charge is 0.204 e. The number of aryl methyl sites for hydroxylation is 1. The second-order valence-corrected chi connectivity index (χ2v) is 7.79. The second-order valence-electron chi connectivity index (χ2n) is 6.50. The van der Waals surface area contributed by atoms with E-state index in [-0.39, 0.29) is 0 Å². The highest BCUT2D eigenvalue weighted by Crippen LogP contribution is 2.40. The normalized spacial score (nSPS) is 14.2. The number of nitrogens with zero attached hydrogens (tertiary/aromatic N) is 5. The van der Waals surface area contributed by atoms with Crippen LogP contribution in [-0.4, -0.2) is 26.5 Å². The standard InChI is InChI=1S/C19H15BrClN5/c1-25-17-14-10-11(21)7-8-12(14)19(22-18(17)23-24-25)26-9-3-4-13-15(20)5-2-6-16(13)26/h2,5-8,10H,3-4,9H2,1H3. The SMILES string of the molecule is Cn1nnc2nc(N3CCCc4c(Br)cccc43)c3ccc(Cl)cc3c21. The Balaban J connectivity index is 1.84. The summed E-state index contributed by atoms with van der Waals surface area (Å²) in [5.74, 6) is 0.906. The number of benzene rings is 2. The van der Waals surface area contributed by atoms with E-state index in [0.29, 0.717) is 10.7 Å². The highest BCUT2D eigenvalue weighted by atomic mass is 79.9. The third-order valence-corrected chi connectivity index (χ3v) is 5.93. The summed E-state index contributed by atoms with van der Waals surface area (Å²) < 4.78 is 2.90. The summed E-state index contributed by atoms with van der Waals surface area (Å²) in [6, 6.07) is 12.2. The average molecular weight is 429 g/mol. The Labute approximate surface area is 163 Å². The first-order valence-electron chi connectivity index (χ1n) is 8.47. The van der Waals surface area contributed by atoms with Crippen LogP contribution in [0.1, 0.15) is 12.0 Å². The Hall–Kier alpha value is -2.18. The van der Waals surface area contributed by atoms with Gasteiger partial charge in [0.2, 0.25) is 5.65 Å². The number of rotatable bonds is 1. The number of hydrogen-bond acceptors (Lipinski definition) is 4. The lowest BCUT2D eigenvalue weighted by Crippen LogP contribution is -2.25. The van der Waals surface area contributed by atoms with Crippen molar-refractivity contribution in [2.45, 2.75) is 12.8 Å². The van der Waals surface area contributed by atoms with E-state index >= 15 is 0 Å². The topological polar surface area (TPSA) is 46.8 Å². The molecule has 26 heavy (non-hydrogen) atoms. The molecule has 7 heteroatoms. The first-order valence-corrected chi connectivity index (χ1v) is 9.64. The summed E-state index contributed by atoms with van der Waals surface area (Å²) in [7, 11) is 1.88. The zero-order valence-electron chi connectivity index (χ0n) is 14.1. The molecule has 130 valence electrons. The summed E-state index contributed by atoms with van der Waals surface area (Å²) in [6.45, 7) is 0.917. The summed E-state index contributed by atoms with van der Waals surface area (Å²) in [4.78, 5) is 7.16. The number of anilines is 2. The van der Waals surface area contributed by atoms with Crippen LogP contribution in [0.15, 0.2) is 40.9 Å². The number of aromatic nitrogens is 4. The van der Waals surface area contributed by atoms with Crippen molar-refractivity contribution < 1.29 is 0 Å². The van der Waals surface area contributed by atoms with Crippen LogP contribution in [0.5, 0.6) is 0 Å². The number of pyridine rings is 1. The zero-order chi connectivity index (χ0) is 17.8. The first-order chi connectivity index (χ1) is 12.6. The number of halogens is 2. The molecular formula is C19H15BrClN5. The van der Waals surface area contributed by atoms with Gasteiger partial charge in [-0.3, -0.25) is 0 Å². The Morgan fingerprint density at radius 2 is 2.04 bits per heavy atom. The van der Waals surface area contributed by atoms with Gasteiger partial charge in [0.05, 0.1) is 0 Å². The monoisotopic (exact) mass is 427 g/mol. The molecular weight excluding hydrogens is 414 g/mol. The van der Waals surface area contributed by atoms with E-state index in [2.05, 4.69) is 49.3 Å². The molecule has 0 amide bonds. The van der Waals surface area contributed by atoms with Crippen molar-refractivity contribution in [3.05, 3.63) is 51.5 Å². The maximum absolute atomic E-state index is 6.29. The molecule has 0 atom stereocenters. The van der Waals surface area contributed by atoms with Gasteiger partial charge < -0.3 is 4.90 Å². The predicted octanol–water partition coefficient (Wildman–Crippen LogP) is 5.02. The van der Waals surface area contributed by atoms with Crippen molar-refractivity contribution in [2.75, 3.05) is 11.4 Å². The Morgan fingerprint density at radius 3 is 2.92 bits per heavy atom. The minimum Gasteiger partial charge on any atom is -0.325 e. The van der Waals surface area contributed by atoms with Gasteiger partial charge in [0.1, 0.15) is 11.3 Å². The van der Waals surface area contributed by atoms with Crippen LogP contribution >= 0.6 is 27.5 Å². The predicted molar refractivity (Wildman–Crippen MR) is 108 cm³/mol. The van der Waals surface area contributed by atoms with E-state index in [1.54, 1.807) is 4.68 Å². The first kappa shape index (κ1) is 16.0. The maximum atomic E-state index is 6.29. The fourth-order valence-electron chi connectivity index (χ4n) is 3.79. The van der Waals surface area contributed by atoms with Crippen LogP contribution in [0.25, 0.3) is 21.9 Å². The van der Waals surface area contributed by atoms with Gasteiger partial charge in [-0.2, -0.15) is 0 Å². The molecule has 5 rings (SSSR count). The molecule has 0 saturated heterocycles. The van der Waals surface area contributed by atoms with Gasteiger partial charge in [-0.25, -0.2) is 9.67 Å². The van der Waals surface area contributed by atoms with Gasteiger partial charge in [0, 0.05) is 39.5 Å². The molecule has 1 aliphatic rings. The summed E-state index contributed by atoms with van der Waals surface area (Å²) in [6.07, 6.45) is 2.13. The number of fused-ring (bicyclic) bond motifs is 4. The van der Waals surface area contributed by atoms with Crippen LogP contribution < -0.4 is 4.90 Å². The fraction of sp³-hybridized carbons (Fsp3) is 0.211. The molecule has 0 radical (unpaired) electrons. The second kappa shape index (κ2) is 5.93. The van der Waals surface area contributed by atoms with Crippen molar-refractivity contribution in [3.63, 3.8) is 0 Å². The summed E-state index contributed by atoms with van der Waals surface area (Å²) in [5.41, 5.74) is 4.05. The van der Waals surface area contributed by atoms with Crippen LogP contribution in [0, 0.1) is 0 Å². The molecule has 2 aromatic heterocycles. The van der Waals surface area contributed by atoms with E-state index < -0.39 is 0 Å². The molecule has 0 N–H and O–H groups in total. The highest BCUT2D eigenvalue weighted by molar-refractivity contribution is 9.10. The van der Waals surface area contributed by atoms with E-state index in [1.807, 2.05) is 25.2 Å². The highest BCUT2D eigenvalue weighted by Gasteiger charge is 2.24. The zero-order valence-corrected chi connectivity index (χ0v) is 16.4. The Kier molecular flexibility index (Phi) is 3.65. The van der Waals surface area contributed by atoms with Crippen LogP contribution in [-0.2, 0) is 13.5 Å². The van der Waals surface area contributed by atoms with Crippen LogP contribution in [0.3, 0.4) is 0 Å². The molecule has 0 saturated carbocycles. The quantitative estimate of drug-likeness (QED) is 0.427. The molecule has 0 bridgehead atoms. The molecule has 2 aromatic carbocycles. The van der Waals surface area contributed by atoms with E-state index in [4.69, 9.17) is 16.6 Å². The van der Waals surface area contributed by atoms with Gasteiger partial charge in [0.15, 0.2) is 0 Å². The third-order valence-electron chi connectivity index (χ3n) is 4.95. The molecule has 5 nitrogen and oxygen atoms in total. The Bertz CT molecular complexity index is 1170. The summed E-state index contributed by atoms with van der Waals surface area (Å²) in [5, 5.41) is 11.2. The van der Waals surface area contributed by atoms with Crippen LogP contribution in [0.2, 0.25) is 5.02 Å². The minimum absolute atomic E-state index is 0.638. The summed E-state index contributed by atoms with van der Waals surface area (Å²) >= 11 is 9.98. The van der Waals surface area contributed by atoms with E-state index in [9.17, 15) is 0 Å². The molecule has 0 aliphatic carbocycles. The van der Waals surface area contributed by atoms with Gasteiger partial charge in [-0.05, 0) is 48.7 Å². The molecule has 0 fully saturated rings. The molecule has 0 spiro atoms. The lowest BCUT2D eigenvalue weighted by molar-refractivity contribution is 0.737. The van der Waals surface area contributed by atoms with Gasteiger partial charge in [0.25, 0.3) is 0 Å². The van der Waals surface area contributed by atoms with Gasteiger partial charge in [-0.15, -0.1) is 5.10 Å². The Morgan fingerprint density at radius 1 is 1.15 bits per heavy atom. The van der Waals surface area contributed by atoms with E-state index in [1.165, 1.54) is 11.3 Å². The largest absolute Gasteiger partial charge is 0.325 e. The molecule has 1 aliphatic heterocycles. The van der Waals surface area contributed by atoms with E-state index in [0.717, 1.165) is 46.0 Å². The van der Waals surface area contributed by atoms with Gasteiger partial charge >= 0.3 is 0 Å². The van der Waals surface area contributed by atoms with Crippen molar-refractivity contribution in [2.24, 2.45) is 7.05 Å². The van der Waals surface area contributed by atoms with Crippen molar-refractivity contribution in [1.82, 2.24) is 20.0 Å².